The number of ether oxygens (including phenoxy) is 4. The van der Waals surface area contributed by atoms with Crippen LogP contribution in [-0.2, 0) is 0 Å². The van der Waals surface area contributed by atoms with Gasteiger partial charge < -0.3 is 23.5 Å². The fourth-order valence-corrected chi connectivity index (χ4v) is 3.49. The molecule has 166 valence electrons. The van der Waals surface area contributed by atoms with Crippen LogP contribution in [-0.4, -0.2) is 48.3 Å². The Hall–Kier alpha value is -3.72. The van der Waals surface area contributed by atoms with Crippen molar-refractivity contribution in [2.75, 3.05) is 27.9 Å². The van der Waals surface area contributed by atoms with Gasteiger partial charge in [-0.15, -0.1) is 0 Å². The highest BCUT2D eigenvalue weighted by Gasteiger charge is 2.20. The highest BCUT2D eigenvalue weighted by molar-refractivity contribution is 6.32. The molecular weight excluding hydrogens is 436 g/mol. The SMILES string of the molecule is CCOc1ccc(-c2[nH]ncc2-c2nc(-c3cc(OC)c(OC)c(OC)c3)no2)cc1Cl. The molecule has 2 aromatic heterocycles. The average molecular weight is 457 g/mol. The third-order valence-electron chi connectivity index (χ3n) is 4.74. The molecule has 0 spiro atoms. The van der Waals surface area contributed by atoms with E-state index in [0.717, 1.165) is 5.56 Å². The van der Waals surface area contributed by atoms with Crippen LogP contribution in [0.5, 0.6) is 23.0 Å². The summed E-state index contributed by atoms with van der Waals surface area (Å²) in [5.41, 5.74) is 2.77. The normalized spacial score (nSPS) is 10.8. The maximum Gasteiger partial charge on any atom is 0.262 e. The van der Waals surface area contributed by atoms with E-state index in [4.69, 9.17) is 35.1 Å². The summed E-state index contributed by atoms with van der Waals surface area (Å²) in [5.74, 6) is 2.72. The molecule has 0 atom stereocenters. The molecule has 0 aliphatic heterocycles. The first-order valence-corrected chi connectivity index (χ1v) is 10.1. The molecule has 32 heavy (non-hydrogen) atoms. The van der Waals surface area contributed by atoms with Gasteiger partial charge in [0.15, 0.2) is 11.5 Å². The number of benzene rings is 2. The van der Waals surface area contributed by atoms with Gasteiger partial charge in [0, 0.05) is 11.1 Å². The first kappa shape index (κ1) is 21.5. The Labute approximate surface area is 189 Å². The molecule has 0 unspecified atom stereocenters. The van der Waals surface area contributed by atoms with E-state index in [0.29, 0.717) is 63.2 Å². The Balaban J connectivity index is 1.71. The minimum absolute atomic E-state index is 0.294. The Morgan fingerprint density at radius 1 is 0.969 bits per heavy atom. The van der Waals surface area contributed by atoms with Crippen LogP contribution in [0.2, 0.25) is 5.02 Å². The van der Waals surface area contributed by atoms with E-state index in [9.17, 15) is 0 Å². The first-order valence-electron chi connectivity index (χ1n) is 9.70. The molecule has 2 heterocycles. The van der Waals surface area contributed by atoms with Gasteiger partial charge in [0.1, 0.15) is 5.75 Å². The molecule has 0 aliphatic rings. The number of aromatic amines is 1. The standard InChI is InChI=1S/C22H21ClN4O5/c1-5-31-16-7-6-12(8-15(16)23)19-14(11-24-26-19)22-25-21(27-32-22)13-9-17(28-2)20(30-4)18(10-13)29-3/h6-11H,5H2,1-4H3,(H,24,26). The van der Waals surface area contributed by atoms with Gasteiger partial charge in [-0.3, -0.25) is 5.10 Å². The van der Waals surface area contributed by atoms with Crippen LogP contribution in [0.1, 0.15) is 6.92 Å². The fraction of sp³-hybridized carbons (Fsp3) is 0.227. The third kappa shape index (κ3) is 3.94. The highest BCUT2D eigenvalue weighted by atomic mass is 35.5. The molecule has 4 aromatic rings. The van der Waals surface area contributed by atoms with Crippen LogP contribution in [0.15, 0.2) is 41.1 Å². The molecular formula is C22H21ClN4O5. The quantitative estimate of drug-likeness (QED) is 0.400. The summed E-state index contributed by atoms with van der Waals surface area (Å²) in [7, 11) is 4.63. The topological polar surface area (TPSA) is 105 Å². The predicted octanol–water partition coefficient (Wildman–Crippen LogP) is 4.87. The van der Waals surface area contributed by atoms with Crippen molar-refractivity contribution in [2.24, 2.45) is 0 Å². The van der Waals surface area contributed by atoms with E-state index in [1.54, 1.807) is 51.8 Å². The van der Waals surface area contributed by atoms with Crippen molar-refractivity contribution in [3.8, 4) is 57.1 Å². The monoisotopic (exact) mass is 456 g/mol. The number of methoxy groups -OCH3 is 3. The lowest BCUT2D eigenvalue weighted by Crippen LogP contribution is -1.96. The lowest BCUT2D eigenvalue weighted by Gasteiger charge is -2.12. The van der Waals surface area contributed by atoms with Crippen molar-refractivity contribution >= 4 is 11.6 Å². The van der Waals surface area contributed by atoms with Crippen molar-refractivity contribution in [1.29, 1.82) is 0 Å². The second-order valence-corrected chi connectivity index (χ2v) is 6.98. The minimum Gasteiger partial charge on any atom is -0.493 e. The fourth-order valence-electron chi connectivity index (χ4n) is 3.26. The summed E-state index contributed by atoms with van der Waals surface area (Å²) in [6.07, 6.45) is 1.62. The Morgan fingerprint density at radius 2 is 1.72 bits per heavy atom. The number of halogens is 1. The van der Waals surface area contributed by atoms with E-state index in [2.05, 4.69) is 20.3 Å². The van der Waals surface area contributed by atoms with E-state index < -0.39 is 0 Å². The maximum absolute atomic E-state index is 6.34. The summed E-state index contributed by atoms with van der Waals surface area (Å²) >= 11 is 6.34. The van der Waals surface area contributed by atoms with Gasteiger partial charge in [-0.1, -0.05) is 16.8 Å². The maximum atomic E-state index is 6.34. The van der Waals surface area contributed by atoms with Crippen LogP contribution >= 0.6 is 11.6 Å². The first-order chi connectivity index (χ1) is 15.6. The van der Waals surface area contributed by atoms with Crippen molar-refractivity contribution in [1.82, 2.24) is 20.3 Å². The lowest BCUT2D eigenvalue weighted by atomic mass is 10.1. The molecule has 1 N–H and O–H groups in total. The molecule has 4 rings (SSSR count). The van der Waals surface area contributed by atoms with E-state index in [1.165, 1.54) is 0 Å². The Morgan fingerprint density at radius 3 is 2.34 bits per heavy atom. The summed E-state index contributed by atoms with van der Waals surface area (Å²) in [4.78, 5) is 4.54. The predicted molar refractivity (Wildman–Crippen MR) is 119 cm³/mol. The molecule has 10 heteroatoms. The second kappa shape index (κ2) is 9.19. The van der Waals surface area contributed by atoms with Crippen LogP contribution in [0.4, 0.5) is 0 Å². The molecule has 9 nitrogen and oxygen atoms in total. The van der Waals surface area contributed by atoms with Crippen molar-refractivity contribution in [2.45, 2.75) is 6.92 Å². The van der Waals surface area contributed by atoms with Gasteiger partial charge >= 0.3 is 0 Å². The Bertz CT molecular complexity index is 1210. The third-order valence-corrected chi connectivity index (χ3v) is 5.03. The van der Waals surface area contributed by atoms with Gasteiger partial charge in [0.2, 0.25) is 11.6 Å². The largest absolute Gasteiger partial charge is 0.493 e. The van der Waals surface area contributed by atoms with Crippen molar-refractivity contribution in [3.63, 3.8) is 0 Å². The molecule has 0 bridgehead atoms. The Kier molecular flexibility index (Phi) is 6.18. The smallest absolute Gasteiger partial charge is 0.262 e. The summed E-state index contributed by atoms with van der Waals surface area (Å²) < 4.78 is 27.2. The number of nitrogens with zero attached hydrogens (tertiary/aromatic N) is 3. The number of nitrogens with one attached hydrogen (secondary N) is 1. The van der Waals surface area contributed by atoms with Gasteiger partial charge in [0.25, 0.3) is 5.89 Å². The molecule has 0 saturated heterocycles. The number of H-pyrrole nitrogens is 1. The number of aromatic nitrogens is 4. The van der Waals surface area contributed by atoms with Gasteiger partial charge in [-0.05, 0) is 37.3 Å². The molecule has 0 aliphatic carbocycles. The zero-order valence-electron chi connectivity index (χ0n) is 17.9. The van der Waals surface area contributed by atoms with Gasteiger partial charge in [-0.2, -0.15) is 10.1 Å². The molecule has 0 saturated carbocycles. The zero-order chi connectivity index (χ0) is 22.7. The molecule has 2 aromatic carbocycles. The van der Waals surface area contributed by atoms with Crippen LogP contribution in [0, 0.1) is 0 Å². The number of hydrogen-bond acceptors (Lipinski definition) is 8. The second-order valence-electron chi connectivity index (χ2n) is 6.57. The summed E-state index contributed by atoms with van der Waals surface area (Å²) in [5, 5.41) is 11.7. The van der Waals surface area contributed by atoms with E-state index in [1.807, 2.05) is 13.0 Å². The average Bonchev–Trinajstić information content (AvgIpc) is 3.49. The van der Waals surface area contributed by atoms with Crippen LogP contribution in [0.25, 0.3) is 34.1 Å². The minimum atomic E-state index is 0.294. The van der Waals surface area contributed by atoms with Gasteiger partial charge in [-0.25, -0.2) is 0 Å². The highest BCUT2D eigenvalue weighted by Crippen LogP contribution is 2.41. The van der Waals surface area contributed by atoms with Crippen LogP contribution < -0.4 is 18.9 Å². The van der Waals surface area contributed by atoms with E-state index in [-0.39, 0.29) is 0 Å². The number of hydrogen-bond donors (Lipinski definition) is 1. The van der Waals surface area contributed by atoms with Crippen molar-refractivity contribution < 1.29 is 23.5 Å². The van der Waals surface area contributed by atoms with Crippen molar-refractivity contribution in [3.05, 3.63) is 41.6 Å². The molecule has 0 amide bonds. The molecule has 0 radical (unpaired) electrons. The van der Waals surface area contributed by atoms with E-state index >= 15 is 0 Å². The summed E-state index contributed by atoms with van der Waals surface area (Å²) in [6, 6.07) is 8.97. The van der Waals surface area contributed by atoms with Crippen LogP contribution in [0.3, 0.4) is 0 Å². The van der Waals surface area contributed by atoms with Gasteiger partial charge in [0.05, 0.1) is 50.4 Å². The lowest BCUT2D eigenvalue weighted by molar-refractivity contribution is 0.324. The summed E-state index contributed by atoms with van der Waals surface area (Å²) in [6.45, 7) is 2.43. The molecule has 0 fully saturated rings. The number of rotatable bonds is 8. The zero-order valence-corrected chi connectivity index (χ0v) is 18.7.